The number of sulfonamides is 1. The van der Waals surface area contributed by atoms with Gasteiger partial charge in [-0.2, -0.15) is 0 Å². The first kappa shape index (κ1) is 34.4. The summed E-state index contributed by atoms with van der Waals surface area (Å²) in [6.45, 7) is 9.30. The molecule has 0 saturated heterocycles. The van der Waals surface area contributed by atoms with Crippen molar-refractivity contribution in [1.29, 1.82) is 0 Å². The first-order valence-corrected chi connectivity index (χ1v) is 16.8. The van der Waals surface area contributed by atoms with Gasteiger partial charge in [0.05, 0.1) is 10.6 Å². The lowest BCUT2D eigenvalue weighted by Gasteiger charge is -2.34. The maximum absolute atomic E-state index is 14.6. The van der Waals surface area contributed by atoms with Crippen molar-refractivity contribution < 1.29 is 22.4 Å². The minimum Gasteiger partial charge on any atom is -0.354 e. The Balaban J connectivity index is 1.82. The van der Waals surface area contributed by atoms with Crippen LogP contribution in [0.25, 0.3) is 0 Å². The van der Waals surface area contributed by atoms with Crippen LogP contribution < -0.4 is 9.62 Å². The number of rotatable bonds is 13. The van der Waals surface area contributed by atoms with E-state index in [4.69, 9.17) is 0 Å². The summed E-state index contributed by atoms with van der Waals surface area (Å²) in [5, 5.41) is 2.97. The third kappa shape index (κ3) is 8.81. The second kappa shape index (κ2) is 15.2. The molecule has 242 valence electrons. The molecule has 0 aliphatic rings. The summed E-state index contributed by atoms with van der Waals surface area (Å²) in [5.41, 5.74) is 4.21. The zero-order chi connectivity index (χ0) is 33.4. The molecular weight excluding hydrogens is 601 g/mol. The van der Waals surface area contributed by atoms with Gasteiger partial charge in [-0.3, -0.25) is 13.9 Å². The lowest BCUT2D eigenvalue weighted by molar-refractivity contribution is -0.140. The Morgan fingerprint density at radius 1 is 0.804 bits per heavy atom. The summed E-state index contributed by atoms with van der Waals surface area (Å²) in [6, 6.07) is 26.0. The standard InChI is InChI=1S/C37H42FN3O4S/c1-26(2)23-39-37(43)35(22-30-9-7-6-8-10-30)40(24-31-15-17-32(38)18-16-31)36(42)25-41(34-21-28(4)11-14-29(34)5)46(44,45)33-19-12-27(3)13-20-33/h6-21,26,35H,22-25H2,1-5H3,(H,39,43)/t35-/m0/s1. The van der Waals surface area contributed by atoms with Gasteiger partial charge in [0.2, 0.25) is 11.8 Å². The van der Waals surface area contributed by atoms with Crippen LogP contribution in [0.1, 0.15) is 41.7 Å². The van der Waals surface area contributed by atoms with Crippen LogP contribution >= 0.6 is 0 Å². The predicted molar refractivity (Wildman–Crippen MR) is 180 cm³/mol. The van der Waals surface area contributed by atoms with E-state index in [0.717, 1.165) is 21.0 Å². The highest BCUT2D eigenvalue weighted by Crippen LogP contribution is 2.29. The first-order chi connectivity index (χ1) is 21.8. The SMILES string of the molecule is Cc1ccc(S(=O)(=O)N(CC(=O)N(Cc2ccc(F)cc2)[C@@H](Cc2ccccc2)C(=O)NCC(C)C)c2cc(C)ccc2C)cc1. The van der Waals surface area contributed by atoms with Crippen molar-refractivity contribution in [3.8, 4) is 0 Å². The quantitative estimate of drug-likeness (QED) is 0.184. The predicted octanol–water partition coefficient (Wildman–Crippen LogP) is 6.36. The van der Waals surface area contributed by atoms with Gasteiger partial charge in [-0.1, -0.05) is 86.1 Å². The lowest BCUT2D eigenvalue weighted by atomic mass is 10.0. The van der Waals surface area contributed by atoms with Crippen molar-refractivity contribution in [3.63, 3.8) is 0 Å². The zero-order valence-corrected chi connectivity index (χ0v) is 27.9. The van der Waals surface area contributed by atoms with E-state index in [1.54, 1.807) is 37.3 Å². The Morgan fingerprint density at radius 3 is 2.07 bits per heavy atom. The number of halogens is 1. The highest BCUT2D eigenvalue weighted by molar-refractivity contribution is 7.92. The van der Waals surface area contributed by atoms with Gasteiger partial charge in [-0.15, -0.1) is 0 Å². The Kier molecular flexibility index (Phi) is 11.4. The molecule has 0 heterocycles. The number of benzene rings is 4. The second-order valence-electron chi connectivity index (χ2n) is 12.1. The van der Waals surface area contributed by atoms with Crippen LogP contribution in [0.15, 0.2) is 102 Å². The number of anilines is 1. The monoisotopic (exact) mass is 643 g/mol. The maximum atomic E-state index is 14.6. The number of nitrogens with zero attached hydrogens (tertiary/aromatic N) is 2. The minimum atomic E-state index is -4.21. The molecule has 0 radical (unpaired) electrons. The Bertz CT molecular complexity index is 1740. The molecule has 0 aromatic heterocycles. The molecule has 0 aliphatic heterocycles. The van der Waals surface area contributed by atoms with E-state index in [1.807, 2.05) is 70.2 Å². The molecule has 0 fully saturated rings. The second-order valence-corrected chi connectivity index (χ2v) is 14.0. The summed E-state index contributed by atoms with van der Waals surface area (Å²) in [6.07, 6.45) is 0.200. The summed E-state index contributed by atoms with van der Waals surface area (Å²) < 4.78 is 43.5. The van der Waals surface area contributed by atoms with Crippen molar-refractivity contribution in [2.45, 2.75) is 58.5 Å². The molecule has 0 aliphatic carbocycles. The lowest BCUT2D eigenvalue weighted by Crippen LogP contribution is -2.53. The Morgan fingerprint density at radius 2 is 1.43 bits per heavy atom. The van der Waals surface area contributed by atoms with E-state index in [2.05, 4.69) is 5.32 Å². The fourth-order valence-corrected chi connectivity index (χ4v) is 6.57. The van der Waals surface area contributed by atoms with Crippen LogP contribution in [-0.4, -0.2) is 44.3 Å². The topological polar surface area (TPSA) is 86.8 Å². The number of nitrogens with one attached hydrogen (secondary N) is 1. The highest BCUT2D eigenvalue weighted by Gasteiger charge is 2.35. The molecule has 46 heavy (non-hydrogen) atoms. The minimum absolute atomic E-state index is 0.0308. The van der Waals surface area contributed by atoms with Crippen molar-refractivity contribution in [3.05, 3.63) is 131 Å². The van der Waals surface area contributed by atoms with Crippen molar-refractivity contribution >= 4 is 27.5 Å². The van der Waals surface area contributed by atoms with Gasteiger partial charge in [-0.25, -0.2) is 12.8 Å². The summed E-state index contributed by atoms with van der Waals surface area (Å²) in [7, 11) is -4.21. The normalized spacial score (nSPS) is 12.1. The molecule has 4 aromatic carbocycles. The van der Waals surface area contributed by atoms with Gasteiger partial charge in [0.25, 0.3) is 10.0 Å². The molecule has 2 amide bonds. The van der Waals surface area contributed by atoms with E-state index in [9.17, 15) is 22.4 Å². The smallest absolute Gasteiger partial charge is 0.264 e. The van der Waals surface area contributed by atoms with Gasteiger partial charge in [0.15, 0.2) is 0 Å². The molecule has 4 rings (SSSR count). The molecule has 0 saturated carbocycles. The number of amides is 2. The maximum Gasteiger partial charge on any atom is 0.264 e. The van der Waals surface area contributed by atoms with Crippen LogP contribution in [-0.2, 0) is 32.6 Å². The third-order valence-corrected chi connectivity index (χ3v) is 9.52. The fraction of sp³-hybridized carbons (Fsp3) is 0.297. The van der Waals surface area contributed by atoms with Gasteiger partial charge < -0.3 is 10.2 Å². The average molecular weight is 644 g/mol. The molecule has 1 N–H and O–H groups in total. The van der Waals surface area contributed by atoms with E-state index in [0.29, 0.717) is 23.4 Å². The number of hydrogen-bond donors (Lipinski definition) is 1. The van der Waals surface area contributed by atoms with Crippen LogP contribution in [0.4, 0.5) is 10.1 Å². The molecule has 1 atom stereocenters. The number of hydrogen-bond acceptors (Lipinski definition) is 4. The summed E-state index contributed by atoms with van der Waals surface area (Å²) in [4.78, 5) is 29.9. The van der Waals surface area contributed by atoms with E-state index >= 15 is 0 Å². The van der Waals surface area contributed by atoms with Crippen molar-refractivity contribution in [2.24, 2.45) is 5.92 Å². The Labute approximate surface area is 272 Å². The highest BCUT2D eigenvalue weighted by atomic mass is 32.2. The number of carbonyl (C=O) groups excluding carboxylic acids is 2. The van der Waals surface area contributed by atoms with Gasteiger partial charge in [0, 0.05) is 19.5 Å². The summed E-state index contributed by atoms with van der Waals surface area (Å²) in [5.74, 6) is -1.18. The molecule has 0 bridgehead atoms. The van der Waals surface area contributed by atoms with Crippen LogP contribution in [0.3, 0.4) is 0 Å². The van der Waals surface area contributed by atoms with E-state index < -0.39 is 34.3 Å². The molecule has 0 spiro atoms. The van der Waals surface area contributed by atoms with Gasteiger partial charge in [0.1, 0.15) is 18.4 Å². The van der Waals surface area contributed by atoms with Crippen LogP contribution in [0.2, 0.25) is 0 Å². The number of carbonyl (C=O) groups is 2. The molecule has 0 unspecified atom stereocenters. The average Bonchev–Trinajstić information content (AvgIpc) is 3.03. The number of aryl methyl sites for hydroxylation is 3. The fourth-order valence-electron chi connectivity index (χ4n) is 5.10. The van der Waals surface area contributed by atoms with Crippen LogP contribution in [0.5, 0.6) is 0 Å². The molecule has 7 nitrogen and oxygen atoms in total. The third-order valence-electron chi connectivity index (χ3n) is 7.74. The van der Waals surface area contributed by atoms with E-state index in [-0.39, 0.29) is 29.7 Å². The van der Waals surface area contributed by atoms with Crippen LogP contribution in [0, 0.1) is 32.5 Å². The van der Waals surface area contributed by atoms with Crippen molar-refractivity contribution in [1.82, 2.24) is 10.2 Å². The van der Waals surface area contributed by atoms with Gasteiger partial charge >= 0.3 is 0 Å². The molecule has 4 aromatic rings. The zero-order valence-electron chi connectivity index (χ0n) is 27.0. The Hall–Kier alpha value is -4.50. The first-order valence-electron chi connectivity index (χ1n) is 15.4. The molecular formula is C37H42FN3O4S. The largest absolute Gasteiger partial charge is 0.354 e. The summed E-state index contributed by atoms with van der Waals surface area (Å²) >= 11 is 0. The van der Waals surface area contributed by atoms with E-state index in [1.165, 1.54) is 29.2 Å². The molecule has 9 heteroatoms. The van der Waals surface area contributed by atoms with Gasteiger partial charge in [-0.05, 0) is 79.3 Å². The van der Waals surface area contributed by atoms with Crippen molar-refractivity contribution in [2.75, 3.05) is 17.4 Å².